The summed E-state index contributed by atoms with van der Waals surface area (Å²) < 4.78 is 0. The van der Waals surface area contributed by atoms with Crippen LogP contribution >= 0.6 is 11.8 Å². The average Bonchev–Trinajstić information content (AvgIpc) is 2.37. The highest BCUT2D eigenvalue weighted by atomic mass is 32.2. The first-order valence-electron chi connectivity index (χ1n) is 5.89. The lowest BCUT2D eigenvalue weighted by Gasteiger charge is -2.05. The third kappa shape index (κ3) is 3.67. The van der Waals surface area contributed by atoms with E-state index in [0.717, 1.165) is 28.7 Å². The Morgan fingerprint density at radius 1 is 1.22 bits per heavy atom. The van der Waals surface area contributed by atoms with Crippen molar-refractivity contribution in [2.75, 3.05) is 11.9 Å². The molecular weight excluding hydrogens is 244 g/mol. The zero-order valence-electron chi connectivity index (χ0n) is 10.3. The first-order chi connectivity index (χ1) is 8.78. The Kier molecular flexibility index (Phi) is 4.47. The average molecular weight is 260 g/mol. The quantitative estimate of drug-likeness (QED) is 0.807. The third-order valence-electron chi connectivity index (χ3n) is 2.37. The molecule has 0 atom stereocenters. The molecule has 4 heteroatoms. The molecule has 18 heavy (non-hydrogen) atoms. The van der Waals surface area contributed by atoms with Crippen molar-refractivity contribution in [2.45, 2.75) is 17.6 Å². The fourth-order valence-corrected chi connectivity index (χ4v) is 2.42. The summed E-state index contributed by atoms with van der Waals surface area (Å²) in [4.78, 5) is 5.55. The molecule has 0 spiro atoms. The number of phenolic OH excluding ortho intramolecular Hbond substituents is 1. The van der Waals surface area contributed by atoms with Gasteiger partial charge < -0.3 is 10.4 Å². The number of hydrogen-bond donors (Lipinski definition) is 2. The zero-order chi connectivity index (χ0) is 12.8. The van der Waals surface area contributed by atoms with Gasteiger partial charge in [-0.25, -0.2) is 4.98 Å². The molecule has 0 aliphatic heterocycles. The van der Waals surface area contributed by atoms with Gasteiger partial charge in [-0.2, -0.15) is 0 Å². The van der Waals surface area contributed by atoms with E-state index >= 15 is 0 Å². The Hall–Kier alpha value is -1.68. The van der Waals surface area contributed by atoms with Crippen molar-refractivity contribution in [2.24, 2.45) is 0 Å². The smallest absolute Gasteiger partial charge is 0.126 e. The minimum atomic E-state index is 0.300. The van der Waals surface area contributed by atoms with E-state index in [1.807, 2.05) is 30.3 Å². The van der Waals surface area contributed by atoms with E-state index in [1.165, 1.54) is 0 Å². The predicted molar refractivity (Wildman–Crippen MR) is 76.1 cm³/mol. The summed E-state index contributed by atoms with van der Waals surface area (Å²) in [6, 6.07) is 13.2. The molecule has 3 nitrogen and oxygen atoms in total. The number of benzene rings is 1. The van der Waals surface area contributed by atoms with Crippen molar-refractivity contribution in [1.82, 2.24) is 4.98 Å². The Morgan fingerprint density at radius 3 is 2.83 bits per heavy atom. The Labute approximate surface area is 111 Å². The largest absolute Gasteiger partial charge is 0.508 e. The van der Waals surface area contributed by atoms with Crippen molar-refractivity contribution in [3.63, 3.8) is 0 Å². The van der Waals surface area contributed by atoms with Crippen LogP contribution < -0.4 is 5.32 Å². The summed E-state index contributed by atoms with van der Waals surface area (Å²) in [6.07, 6.45) is 0. The molecular formula is C14H16N2OS. The lowest BCUT2D eigenvalue weighted by molar-refractivity contribution is 0.474. The molecule has 0 aliphatic carbocycles. The highest BCUT2D eigenvalue weighted by molar-refractivity contribution is 7.98. The number of nitrogens with zero attached hydrogens (tertiary/aromatic N) is 1. The molecule has 0 amide bonds. The topological polar surface area (TPSA) is 45.1 Å². The van der Waals surface area contributed by atoms with Gasteiger partial charge in [-0.15, -0.1) is 11.8 Å². The molecule has 0 saturated carbocycles. The first-order valence-corrected chi connectivity index (χ1v) is 6.88. The number of rotatable bonds is 5. The second-order valence-corrected chi connectivity index (χ2v) is 4.88. The summed E-state index contributed by atoms with van der Waals surface area (Å²) >= 11 is 1.66. The molecule has 2 N–H and O–H groups in total. The van der Waals surface area contributed by atoms with Gasteiger partial charge in [0, 0.05) is 17.2 Å². The van der Waals surface area contributed by atoms with E-state index in [9.17, 15) is 5.11 Å². The molecule has 0 saturated heterocycles. The minimum absolute atomic E-state index is 0.300. The van der Waals surface area contributed by atoms with Crippen molar-refractivity contribution >= 4 is 17.6 Å². The maximum absolute atomic E-state index is 9.39. The number of nitrogens with one attached hydrogen (secondary N) is 1. The van der Waals surface area contributed by atoms with E-state index in [1.54, 1.807) is 23.9 Å². The highest BCUT2D eigenvalue weighted by Gasteiger charge is 2.00. The van der Waals surface area contributed by atoms with Crippen LogP contribution in [0.4, 0.5) is 5.82 Å². The van der Waals surface area contributed by atoms with Crippen LogP contribution in [0.25, 0.3) is 0 Å². The number of anilines is 1. The van der Waals surface area contributed by atoms with Crippen LogP contribution in [0.5, 0.6) is 5.75 Å². The number of aromatic hydroxyl groups is 1. The third-order valence-corrected chi connectivity index (χ3v) is 3.40. The Balaban J connectivity index is 1.99. The SMILES string of the molecule is CCNc1cccc(CSc2cccc(O)c2)n1. The predicted octanol–water partition coefficient (Wildman–Crippen LogP) is 3.51. The maximum atomic E-state index is 9.39. The number of thioether (sulfide) groups is 1. The minimum Gasteiger partial charge on any atom is -0.508 e. The van der Waals surface area contributed by atoms with Crippen LogP contribution in [0.1, 0.15) is 12.6 Å². The van der Waals surface area contributed by atoms with Crippen molar-refractivity contribution < 1.29 is 5.11 Å². The van der Waals surface area contributed by atoms with Gasteiger partial charge in [0.1, 0.15) is 11.6 Å². The summed E-state index contributed by atoms with van der Waals surface area (Å²) in [7, 11) is 0. The summed E-state index contributed by atoms with van der Waals surface area (Å²) in [5.41, 5.74) is 1.03. The molecule has 0 aliphatic rings. The molecule has 0 radical (unpaired) electrons. The number of phenols is 1. The first kappa shape index (κ1) is 12.8. The van der Waals surface area contributed by atoms with Gasteiger partial charge in [-0.05, 0) is 37.3 Å². The van der Waals surface area contributed by atoms with Gasteiger partial charge in [0.2, 0.25) is 0 Å². The van der Waals surface area contributed by atoms with Crippen molar-refractivity contribution in [3.8, 4) is 5.75 Å². The second kappa shape index (κ2) is 6.31. The Morgan fingerprint density at radius 2 is 2.06 bits per heavy atom. The van der Waals surface area contributed by atoms with Crippen LogP contribution in [0.2, 0.25) is 0 Å². The van der Waals surface area contributed by atoms with Gasteiger partial charge >= 0.3 is 0 Å². The molecule has 1 heterocycles. The molecule has 0 bridgehead atoms. The van der Waals surface area contributed by atoms with Gasteiger partial charge in [0.05, 0.1) is 5.69 Å². The monoisotopic (exact) mass is 260 g/mol. The van der Waals surface area contributed by atoms with E-state index in [-0.39, 0.29) is 0 Å². The molecule has 1 aromatic heterocycles. The van der Waals surface area contributed by atoms with Gasteiger partial charge in [0.15, 0.2) is 0 Å². The summed E-state index contributed by atoms with van der Waals surface area (Å²) in [6.45, 7) is 2.92. The van der Waals surface area contributed by atoms with E-state index < -0.39 is 0 Å². The lowest BCUT2D eigenvalue weighted by Crippen LogP contribution is -2.00. The number of hydrogen-bond acceptors (Lipinski definition) is 4. The number of pyridine rings is 1. The molecule has 1 aromatic carbocycles. The van der Waals surface area contributed by atoms with Crippen molar-refractivity contribution in [1.29, 1.82) is 0 Å². The fourth-order valence-electron chi connectivity index (χ4n) is 1.57. The van der Waals surface area contributed by atoms with Gasteiger partial charge in [-0.3, -0.25) is 0 Å². The molecule has 0 fully saturated rings. The Bertz CT molecular complexity index is 517. The van der Waals surface area contributed by atoms with Crippen LogP contribution in [-0.4, -0.2) is 16.6 Å². The number of aromatic nitrogens is 1. The highest BCUT2D eigenvalue weighted by Crippen LogP contribution is 2.25. The fraction of sp³-hybridized carbons (Fsp3) is 0.214. The van der Waals surface area contributed by atoms with E-state index in [4.69, 9.17) is 0 Å². The van der Waals surface area contributed by atoms with Crippen LogP contribution in [-0.2, 0) is 5.75 Å². The normalized spacial score (nSPS) is 10.3. The molecule has 2 rings (SSSR count). The van der Waals surface area contributed by atoms with Crippen LogP contribution in [0.3, 0.4) is 0 Å². The standard InChI is InChI=1S/C14H16N2OS/c1-2-15-14-8-3-5-11(16-14)10-18-13-7-4-6-12(17)9-13/h3-9,17H,2,10H2,1H3,(H,15,16). The molecule has 0 unspecified atom stereocenters. The van der Waals surface area contributed by atoms with Gasteiger partial charge in [-0.1, -0.05) is 12.1 Å². The maximum Gasteiger partial charge on any atom is 0.126 e. The summed E-state index contributed by atoms with van der Waals surface area (Å²) in [5, 5.41) is 12.6. The molecule has 94 valence electrons. The lowest BCUT2D eigenvalue weighted by atomic mass is 10.3. The van der Waals surface area contributed by atoms with E-state index in [0.29, 0.717) is 5.75 Å². The van der Waals surface area contributed by atoms with Gasteiger partial charge in [0.25, 0.3) is 0 Å². The van der Waals surface area contributed by atoms with E-state index in [2.05, 4.69) is 17.2 Å². The summed E-state index contributed by atoms with van der Waals surface area (Å²) in [5.74, 6) is 2.00. The van der Waals surface area contributed by atoms with Crippen LogP contribution in [0.15, 0.2) is 47.4 Å². The van der Waals surface area contributed by atoms with Crippen LogP contribution in [0, 0.1) is 0 Å². The zero-order valence-corrected chi connectivity index (χ0v) is 11.1. The molecule has 2 aromatic rings. The van der Waals surface area contributed by atoms with Crippen molar-refractivity contribution in [3.05, 3.63) is 48.2 Å². The second-order valence-electron chi connectivity index (χ2n) is 3.83.